The van der Waals surface area contributed by atoms with Crippen LogP contribution in [0, 0.1) is 5.92 Å². The van der Waals surface area contributed by atoms with Gasteiger partial charge in [-0.3, -0.25) is 4.79 Å². The van der Waals surface area contributed by atoms with Crippen LogP contribution in [-0.2, 0) is 14.3 Å². The molecule has 5 heteroatoms. The van der Waals surface area contributed by atoms with Gasteiger partial charge in [-0.2, -0.15) is 0 Å². The Hall–Kier alpha value is -0.650. The molecule has 2 N–H and O–H groups in total. The lowest BCUT2D eigenvalue weighted by atomic mass is 9.85. The number of carbonyl (C=O) groups excluding carboxylic acids is 1. The van der Waals surface area contributed by atoms with Crippen LogP contribution in [0.2, 0.25) is 0 Å². The molecule has 0 aromatic carbocycles. The number of rotatable bonds is 5. The smallest absolute Gasteiger partial charge is 0.326 e. The Kier molecular flexibility index (Phi) is 5.04. The van der Waals surface area contributed by atoms with Crippen LogP contribution in [0.25, 0.3) is 0 Å². The SMILES string of the molecule is COC(=O)C1(N)CCCC1CCN(C)C1CCOC1C. The zero-order valence-electron chi connectivity index (χ0n) is 12.9. The molecule has 2 fully saturated rings. The maximum Gasteiger partial charge on any atom is 0.326 e. The van der Waals surface area contributed by atoms with E-state index in [0.29, 0.717) is 12.1 Å². The van der Waals surface area contributed by atoms with E-state index < -0.39 is 5.54 Å². The predicted molar refractivity (Wildman–Crippen MR) is 77.3 cm³/mol. The van der Waals surface area contributed by atoms with Gasteiger partial charge in [-0.05, 0) is 52.1 Å². The van der Waals surface area contributed by atoms with Crippen molar-refractivity contribution in [2.45, 2.75) is 56.7 Å². The van der Waals surface area contributed by atoms with E-state index in [1.54, 1.807) is 0 Å². The molecule has 1 saturated carbocycles. The molecule has 116 valence electrons. The molecule has 0 aromatic heterocycles. The number of hydrogen-bond acceptors (Lipinski definition) is 5. The van der Waals surface area contributed by atoms with Gasteiger partial charge < -0.3 is 20.1 Å². The molecular formula is C15H28N2O3. The number of nitrogens with two attached hydrogens (primary N) is 1. The summed E-state index contributed by atoms with van der Waals surface area (Å²) in [6.45, 7) is 3.94. The molecular weight excluding hydrogens is 256 g/mol. The minimum Gasteiger partial charge on any atom is -0.468 e. The highest BCUT2D eigenvalue weighted by Crippen LogP contribution is 2.37. The van der Waals surface area contributed by atoms with Crippen molar-refractivity contribution < 1.29 is 14.3 Å². The van der Waals surface area contributed by atoms with Crippen molar-refractivity contribution in [2.75, 3.05) is 27.3 Å². The monoisotopic (exact) mass is 284 g/mol. The van der Waals surface area contributed by atoms with Crippen LogP contribution < -0.4 is 5.73 Å². The van der Waals surface area contributed by atoms with Crippen molar-refractivity contribution in [2.24, 2.45) is 11.7 Å². The molecule has 2 aliphatic rings. The highest BCUT2D eigenvalue weighted by Gasteiger charge is 2.46. The first-order valence-corrected chi connectivity index (χ1v) is 7.68. The van der Waals surface area contributed by atoms with Crippen LogP contribution in [0.3, 0.4) is 0 Å². The summed E-state index contributed by atoms with van der Waals surface area (Å²) in [6.07, 6.45) is 5.13. The molecule has 2 rings (SSSR count). The van der Waals surface area contributed by atoms with Gasteiger partial charge in [0.05, 0.1) is 13.2 Å². The lowest BCUT2D eigenvalue weighted by Crippen LogP contribution is -2.52. The Morgan fingerprint density at radius 3 is 2.85 bits per heavy atom. The molecule has 0 amide bonds. The molecule has 1 heterocycles. The number of methoxy groups -OCH3 is 1. The second-order valence-electron chi connectivity index (χ2n) is 6.32. The van der Waals surface area contributed by atoms with Crippen molar-refractivity contribution in [3.63, 3.8) is 0 Å². The number of hydrogen-bond donors (Lipinski definition) is 1. The second kappa shape index (κ2) is 6.41. The summed E-state index contributed by atoms with van der Waals surface area (Å²) in [6, 6.07) is 0.488. The average molecular weight is 284 g/mol. The fourth-order valence-corrected chi connectivity index (χ4v) is 3.79. The summed E-state index contributed by atoms with van der Waals surface area (Å²) in [5.74, 6) is -0.0183. The van der Waals surface area contributed by atoms with Gasteiger partial charge in [0.15, 0.2) is 0 Å². The highest BCUT2D eigenvalue weighted by molar-refractivity contribution is 5.81. The van der Waals surface area contributed by atoms with Crippen LogP contribution in [0.1, 0.15) is 39.0 Å². The summed E-state index contributed by atoms with van der Waals surface area (Å²) in [5, 5.41) is 0. The normalized spacial score (nSPS) is 37.5. The van der Waals surface area contributed by atoms with Crippen molar-refractivity contribution in [1.82, 2.24) is 4.90 Å². The summed E-state index contributed by atoms with van der Waals surface area (Å²) in [4.78, 5) is 14.3. The van der Waals surface area contributed by atoms with Gasteiger partial charge in [0, 0.05) is 12.6 Å². The predicted octanol–water partition coefficient (Wildman–Crippen LogP) is 1.16. The van der Waals surface area contributed by atoms with Gasteiger partial charge in [0.25, 0.3) is 0 Å². The largest absolute Gasteiger partial charge is 0.468 e. The lowest BCUT2D eigenvalue weighted by molar-refractivity contribution is -0.148. The zero-order chi connectivity index (χ0) is 14.8. The summed E-state index contributed by atoms with van der Waals surface area (Å²) >= 11 is 0. The molecule has 20 heavy (non-hydrogen) atoms. The Bertz CT molecular complexity index is 350. The number of nitrogens with zero attached hydrogens (tertiary/aromatic N) is 1. The summed E-state index contributed by atoms with van der Waals surface area (Å²) < 4.78 is 10.5. The van der Waals surface area contributed by atoms with E-state index in [-0.39, 0.29) is 11.9 Å². The Morgan fingerprint density at radius 2 is 2.25 bits per heavy atom. The van der Waals surface area contributed by atoms with Gasteiger partial charge in [-0.15, -0.1) is 0 Å². The van der Waals surface area contributed by atoms with Crippen LogP contribution in [-0.4, -0.2) is 55.9 Å². The van der Waals surface area contributed by atoms with Gasteiger partial charge in [-0.1, -0.05) is 6.42 Å². The number of ether oxygens (including phenoxy) is 2. The van der Waals surface area contributed by atoms with E-state index in [1.807, 2.05) is 0 Å². The molecule has 1 aliphatic carbocycles. The minimum absolute atomic E-state index is 0.232. The molecule has 4 unspecified atom stereocenters. The van der Waals surface area contributed by atoms with E-state index >= 15 is 0 Å². The highest BCUT2D eigenvalue weighted by atomic mass is 16.5. The summed E-state index contributed by atoms with van der Waals surface area (Å²) in [5.41, 5.74) is 5.54. The lowest BCUT2D eigenvalue weighted by Gasteiger charge is -2.32. The molecule has 0 bridgehead atoms. The summed E-state index contributed by atoms with van der Waals surface area (Å²) in [7, 11) is 3.57. The third-order valence-corrected chi connectivity index (χ3v) is 5.17. The fourth-order valence-electron chi connectivity index (χ4n) is 3.79. The first kappa shape index (κ1) is 15.7. The fraction of sp³-hybridized carbons (Fsp3) is 0.933. The van der Waals surface area contributed by atoms with Crippen molar-refractivity contribution in [3.05, 3.63) is 0 Å². The van der Waals surface area contributed by atoms with E-state index in [1.165, 1.54) is 7.11 Å². The van der Waals surface area contributed by atoms with Gasteiger partial charge in [-0.25, -0.2) is 0 Å². The topological polar surface area (TPSA) is 64.8 Å². The molecule has 4 atom stereocenters. The van der Waals surface area contributed by atoms with Crippen LogP contribution >= 0.6 is 0 Å². The van der Waals surface area contributed by atoms with Crippen LogP contribution in [0.15, 0.2) is 0 Å². The van der Waals surface area contributed by atoms with Gasteiger partial charge in [0.1, 0.15) is 5.54 Å². The third kappa shape index (κ3) is 3.00. The molecule has 0 spiro atoms. The van der Waals surface area contributed by atoms with Gasteiger partial charge >= 0.3 is 5.97 Å². The first-order valence-electron chi connectivity index (χ1n) is 7.68. The zero-order valence-corrected chi connectivity index (χ0v) is 12.9. The number of esters is 1. The maximum atomic E-state index is 11.9. The minimum atomic E-state index is -0.770. The van der Waals surface area contributed by atoms with E-state index in [4.69, 9.17) is 15.2 Å². The maximum absolute atomic E-state index is 11.9. The number of carbonyl (C=O) groups is 1. The van der Waals surface area contributed by atoms with E-state index in [9.17, 15) is 4.79 Å². The molecule has 0 radical (unpaired) electrons. The molecule has 1 aliphatic heterocycles. The molecule has 5 nitrogen and oxygen atoms in total. The van der Waals surface area contributed by atoms with Crippen molar-refractivity contribution in [3.8, 4) is 0 Å². The second-order valence-corrected chi connectivity index (χ2v) is 6.32. The Morgan fingerprint density at radius 1 is 1.50 bits per heavy atom. The van der Waals surface area contributed by atoms with Crippen molar-refractivity contribution in [1.29, 1.82) is 0 Å². The molecule has 0 aromatic rings. The Labute approximate surface area is 121 Å². The van der Waals surface area contributed by atoms with E-state index in [2.05, 4.69) is 18.9 Å². The first-order chi connectivity index (χ1) is 9.49. The quantitative estimate of drug-likeness (QED) is 0.767. The standard InChI is InChI=1S/C15H28N2O3/c1-11-13(7-10-20-11)17(2)9-6-12-5-4-8-15(12,16)14(18)19-3/h11-13H,4-10,16H2,1-3H3. The third-order valence-electron chi connectivity index (χ3n) is 5.17. The average Bonchev–Trinajstić information content (AvgIpc) is 3.02. The van der Waals surface area contributed by atoms with Crippen molar-refractivity contribution >= 4 is 5.97 Å². The van der Waals surface area contributed by atoms with Crippen LogP contribution in [0.4, 0.5) is 0 Å². The number of likely N-dealkylation sites (N-methyl/N-ethyl adjacent to an activating group) is 1. The van der Waals surface area contributed by atoms with E-state index in [0.717, 1.165) is 45.3 Å². The van der Waals surface area contributed by atoms with Crippen LogP contribution in [0.5, 0.6) is 0 Å². The molecule has 1 saturated heterocycles. The Balaban J connectivity index is 1.88. The van der Waals surface area contributed by atoms with Gasteiger partial charge in [0.2, 0.25) is 0 Å².